The van der Waals surface area contributed by atoms with Crippen molar-refractivity contribution in [2.45, 2.75) is 12.3 Å². The van der Waals surface area contributed by atoms with Gasteiger partial charge in [0, 0.05) is 32.7 Å². The van der Waals surface area contributed by atoms with Gasteiger partial charge in [-0.25, -0.2) is 4.99 Å². The fourth-order valence-electron chi connectivity index (χ4n) is 8.96. The minimum atomic E-state index is -0.361. The largest absolute Gasteiger partial charge is 0.456 e. The lowest BCUT2D eigenvalue weighted by molar-refractivity contribution is 0.408. The third-order valence-electron chi connectivity index (χ3n) is 11.6. The molecule has 0 amide bonds. The summed E-state index contributed by atoms with van der Waals surface area (Å²) in [5.41, 5.74) is 8.75. The quantitative estimate of drug-likeness (QED) is 0.178. The molecule has 2 atom stereocenters. The van der Waals surface area contributed by atoms with Gasteiger partial charge in [-0.1, -0.05) is 146 Å². The highest BCUT2D eigenvalue weighted by molar-refractivity contribution is 6.26. The van der Waals surface area contributed by atoms with Crippen molar-refractivity contribution in [2.24, 2.45) is 4.99 Å². The van der Waals surface area contributed by atoms with Crippen LogP contribution in [-0.2, 0) is 0 Å². The van der Waals surface area contributed by atoms with Gasteiger partial charge in [0.25, 0.3) is 0 Å². The van der Waals surface area contributed by atoms with Gasteiger partial charge in [-0.05, 0) is 79.3 Å². The van der Waals surface area contributed by atoms with Gasteiger partial charge in [0.15, 0.2) is 0 Å². The lowest BCUT2D eigenvalue weighted by Gasteiger charge is -2.32. The van der Waals surface area contributed by atoms with Crippen LogP contribution >= 0.6 is 0 Å². The van der Waals surface area contributed by atoms with Crippen molar-refractivity contribution in [3.8, 4) is 11.1 Å². The summed E-state index contributed by atoms with van der Waals surface area (Å²) in [6.07, 6.45) is -0.549. The molecule has 0 saturated heterocycles. The van der Waals surface area contributed by atoms with Gasteiger partial charge in [0.05, 0.1) is 0 Å². The van der Waals surface area contributed by atoms with Crippen molar-refractivity contribution < 1.29 is 8.83 Å². The van der Waals surface area contributed by atoms with E-state index in [0.717, 1.165) is 77.5 Å². The Morgan fingerprint density at radius 1 is 0.429 bits per heavy atom. The number of nitrogens with zero attached hydrogens (tertiary/aromatic N) is 1. The number of benzene rings is 9. The van der Waals surface area contributed by atoms with E-state index in [1.54, 1.807) is 0 Å². The van der Waals surface area contributed by atoms with Crippen molar-refractivity contribution in [3.05, 3.63) is 193 Å². The maximum Gasteiger partial charge on any atom is 0.142 e. The Balaban J connectivity index is 0.997. The summed E-state index contributed by atoms with van der Waals surface area (Å²) in [5.74, 6) is 0.784. The van der Waals surface area contributed by atoms with Crippen LogP contribution in [0.5, 0.6) is 0 Å². The van der Waals surface area contributed by atoms with Crippen molar-refractivity contribution in [1.82, 2.24) is 10.6 Å². The molecule has 2 N–H and O–H groups in total. The first-order valence-corrected chi connectivity index (χ1v) is 19.1. The van der Waals surface area contributed by atoms with Gasteiger partial charge < -0.3 is 14.2 Å². The van der Waals surface area contributed by atoms with Crippen molar-refractivity contribution in [2.75, 3.05) is 0 Å². The van der Waals surface area contributed by atoms with Gasteiger partial charge in [0.2, 0.25) is 0 Å². The number of rotatable bonds is 4. The average Bonchev–Trinajstić information content (AvgIpc) is 3.85. The normalized spacial score (nSPS) is 16.0. The summed E-state index contributed by atoms with van der Waals surface area (Å²) in [4.78, 5) is 5.31. The van der Waals surface area contributed by atoms with Gasteiger partial charge in [0.1, 0.15) is 40.5 Å². The van der Waals surface area contributed by atoms with E-state index in [2.05, 4.69) is 168 Å². The molecule has 2 unspecified atom stereocenters. The van der Waals surface area contributed by atoms with E-state index in [0.29, 0.717) is 0 Å². The first kappa shape index (κ1) is 31.2. The van der Waals surface area contributed by atoms with Crippen LogP contribution in [0, 0.1) is 0 Å². The predicted octanol–water partition coefficient (Wildman–Crippen LogP) is 12.9. The topological polar surface area (TPSA) is 62.7 Å². The number of amidine groups is 1. The molecule has 0 bridgehead atoms. The second-order valence-corrected chi connectivity index (χ2v) is 14.7. The molecular formula is C51H33N3O2. The van der Waals surface area contributed by atoms with Crippen LogP contribution < -0.4 is 10.6 Å². The maximum absolute atomic E-state index is 6.66. The zero-order valence-corrected chi connectivity index (χ0v) is 30.2. The number of para-hydroxylation sites is 2. The molecule has 9 aromatic carbocycles. The summed E-state index contributed by atoms with van der Waals surface area (Å²) in [7, 11) is 0. The zero-order valence-electron chi connectivity index (χ0n) is 30.2. The Kier molecular flexibility index (Phi) is 6.76. The fraction of sp³-hybridized carbons (Fsp3) is 0.0392. The molecule has 56 heavy (non-hydrogen) atoms. The van der Waals surface area contributed by atoms with Crippen LogP contribution in [0.15, 0.2) is 190 Å². The molecule has 0 saturated carbocycles. The Hall–Kier alpha value is -7.21. The van der Waals surface area contributed by atoms with Crippen LogP contribution in [0.4, 0.5) is 0 Å². The summed E-state index contributed by atoms with van der Waals surface area (Å²) < 4.78 is 13.1. The molecule has 11 aromatic rings. The van der Waals surface area contributed by atoms with Gasteiger partial charge in [-0.2, -0.15) is 0 Å². The SMILES string of the molecule is c1ccc(C2NC(c3ccc4c(c3)oc3cccc(-c5ccc6c7ccccc7c7ccccc7c6c5)c34)=NC(c3cccc4c3oc3ccccc34)N2)cc1. The lowest BCUT2D eigenvalue weighted by Crippen LogP contribution is -2.45. The van der Waals surface area contributed by atoms with E-state index in [-0.39, 0.29) is 12.3 Å². The number of furan rings is 2. The van der Waals surface area contributed by atoms with E-state index in [4.69, 9.17) is 13.8 Å². The van der Waals surface area contributed by atoms with Gasteiger partial charge >= 0.3 is 0 Å². The molecule has 5 nitrogen and oxygen atoms in total. The molecule has 0 aliphatic carbocycles. The minimum Gasteiger partial charge on any atom is -0.456 e. The van der Waals surface area contributed by atoms with Gasteiger partial charge in [-0.3, -0.25) is 5.32 Å². The zero-order chi connectivity index (χ0) is 36.7. The second kappa shape index (κ2) is 12.2. The third kappa shape index (κ3) is 4.75. The molecule has 5 heteroatoms. The third-order valence-corrected chi connectivity index (χ3v) is 11.6. The Bertz CT molecular complexity index is 3360. The number of hydrogen-bond acceptors (Lipinski definition) is 5. The minimum absolute atomic E-state index is 0.188. The first-order chi connectivity index (χ1) is 27.7. The molecule has 2 aromatic heterocycles. The summed E-state index contributed by atoms with van der Waals surface area (Å²) in [5, 5.41) is 19.4. The predicted molar refractivity (Wildman–Crippen MR) is 230 cm³/mol. The average molecular weight is 720 g/mol. The van der Waals surface area contributed by atoms with Gasteiger partial charge in [-0.15, -0.1) is 0 Å². The number of hydrogen-bond donors (Lipinski definition) is 2. The van der Waals surface area contributed by atoms with Crippen molar-refractivity contribution >= 4 is 82.0 Å². The van der Waals surface area contributed by atoms with Crippen LogP contribution in [0.2, 0.25) is 0 Å². The van der Waals surface area contributed by atoms with E-state index in [1.165, 1.54) is 32.3 Å². The molecule has 1 aliphatic heterocycles. The molecule has 0 spiro atoms. The Morgan fingerprint density at radius 2 is 1.05 bits per heavy atom. The molecule has 1 aliphatic rings. The molecule has 0 radical (unpaired) electrons. The molecule has 264 valence electrons. The second-order valence-electron chi connectivity index (χ2n) is 14.7. The van der Waals surface area contributed by atoms with Crippen LogP contribution in [-0.4, -0.2) is 5.84 Å². The van der Waals surface area contributed by atoms with Crippen molar-refractivity contribution in [3.63, 3.8) is 0 Å². The first-order valence-electron chi connectivity index (χ1n) is 19.1. The summed E-state index contributed by atoms with van der Waals surface area (Å²) in [6, 6.07) is 62.1. The fourth-order valence-corrected chi connectivity index (χ4v) is 8.96. The van der Waals surface area contributed by atoms with E-state index >= 15 is 0 Å². The van der Waals surface area contributed by atoms with E-state index in [9.17, 15) is 0 Å². The number of fused-ring (bicyclic) bond motifs is 12. The smallest absolute Gasteiger partial charge is 0.142 e. The molecule has 3 heterocycles. The Morgan fingerprint density at radius 3 is 1.86 bits per heavy atom. The van der Waals surface area contributed by atoms with Crippen LogP contribution in [0.3, 0.4) is 0 Å². The number of aliphatic imine (C=N–C) groups is 1. The Labute approximate surface area is 321 Å². The van der Waals surface area contributed by atoms with E-state index < -0.39 is 0 Å². The van der Waals surface area contributed by atoms with Crippen molar-refractivity contribution in [1.29, 1.82) is 0 Å². The highest BCUT2D eigenvalue weighted by Crippen LogP contribution is 2.42. The highest BCUT2D eigenvalue weighted by Gasteiger charge is 2.28. The summed E-state index contributed by atoms with van der Waals surface area (Å²) >= 11 is 0. The highest BCUT2D eigenvalue weighted by atomic mass is 16.3. The van der Waals surface area contributed by atoms with E-state index in [1.807, 2.05) is 18.2 Å². The lowest BCUT2D eigenvalue weighted by atomic mass is 9.91. The summed E-state index contributed by atoms with van der Waals surface area (Å²) in [6.45, 7) is 0. The molecule has 12 rings (SSSR count). The van der Waals surface area contributed by atoms with Crippen LogP contribution in [0.1, 0.15) is 29.0 Å². The molecule has 0 fully saturated rings. The monoisotopic (exact) mass is 719 g/mol. The maximum atomic E-state index is 6.66. The number of nitrogens with one attached hydrogen (secondary N) is 2. The molecular weight excluding hydrogens is 687 g/mol. The standard InChI is InChI=1S/C51H33N3O2/c1-2-12-30(13-3-1)49-52-50(54-51(53-49)42-21-10-20-40-39-18-8-9-22-44(39)56-48(40)42)32-25-27-41-46(29-32)55-45-23-11-19-33(47(41)45)31-24-26-38-36-16-5-4-14-34(36)35-15-6-7-17-37(35)43(38)28-31/h1-29,49,51,53H,(H,52,54). The van der Waals surface area contributed by atoms with Crippen LogP contribution in [0.25, 0.3) is 87.3 Å².